The van der Waals surface area contributed by atoms with Crippen LogP contribution in [0.15, 0.2) is 23.3 Å². The summed E-state index contributed by atoms with van der Waals surface area (Å²) in [5, 5.41) is 17.2. The Kier molecular flexibility index (Phi) is 6.74. The van der Waals surface area contributed by atoms with Crippen LogP contribution in [0.3, 0.4) is 0 Å². The predicted molar refractivity (Wildman–Crippen MR) is 65.2 cm³/mol. The Hall–Kier alpha value is -1.09. The number of carboxylic acids is 1. The second-order valence-corrected chi connectivity index (χ2v) is 4.27. The molecule has 3 nitrogen and oxygen atoms in total. The van der Waals surface area contributed by atoms with Crippen LogP contribution in [0.25, 0.3) is 0 Å². The molecule has 92 valence electrons. The average molecular weight is 226 g/mol. The molecule has 0 fully saturated rings. The van der Waals surface area contributed by atoms with E-state index in [9.17, 15) is 9.90 Å². The van der Waals surface area contributed by atoms with E-state index in [4.69, 9.17) is 5.11 Å². The Morgan fingerprint density at radius 3 is 2.31 bits per heavy atom. The summed E-state index contributed by atoms with van der Waals surface area (Å²) in [5.41, 5.74) is 2.43. The minimum absolute atomic E-state index is 0.222. The average Bonchev–Trinajstić information content (AvgIpc) is 2.22. The molecule has 1 rings (SSSR count). The normalized spacial score (nSPS) is 19.5. The molecule has 0 aliphatic heterocycles. The van der Waals surface area contributed by atoms with Gasteiger partial charge in [0.05, 0.1) is 6.10 Å². The quantitative estimate of drug-likeness (QED) is 0.761. The van der Waals surface area contributed by atoms with Gasteiger partial charge in [-0.3, -0.25) is 4.79 Å². The summed E-state index contributed by atoms with van der Waals surface area (Å²) in [7, 11) is 0. The van der Waals surface area contributed by atoms with E-state index in [-0.39, 0.29) is 12.5 Å². The lowest BCUT2D eigenvalue weighted by molar-refractivity contribution is -0.136. The van der Waals surface area contributed by atoms with Gasteiger partial charge in [-0.05, 0) is 24.8 Å². The van der Waals surface area contributed by atoms with Crippen molar-refractivity contribution in [3.05, 3.63) is 23.3 Å². The second kappa shape index (κ2) is 7.23. The van der Waals surface area contributed by atoms with Crippen LogP contribution >= 0.6 is 0 Å². The van der Waals surface area contributed by atoms with Crippen molar-refractivity contribution >= 4 is 5.97 Å². The maximum Gasteiger partial charge on any atom is 0.303 e. The molecule has 1 aliphatic rings. The zero-order valence-corrected chi connectivity index (χ0v) is 10.5. The van der Waals surface area contributed by atoms with Crippen molar-refractivity contribution in [3.63, 3.8) is 0 Å². The van der Waals surface area contributed by atoms with E-state index < -0.39 is 5.97 Å². The topological polar surface area (TPSA) is 57.5 Å². The fourth-order valence-corrected chi connectivity index (χ4v) is 1.23. The van der Waals surface area contributed by atoms with Gasteiger partial charge in [0.2, 0.25) is 0 Å². The van der Waals surface area contributed by atoms with Gasteiger partial charge in [0.1, 0.15) is 0 Å². The molecule has 16 heavy (non-hydrogen) atoms. The van der Waals surface area contributed by atoms with Gasteiger partial charge >= 0.3 is 5.97 Å². The lowest BCUT2D eigenvalue weighted by atomic mass is 9.90. The maximum atomic E-state index is 9.49. The fourth-order valence-electron chi connectivity index (χ4n) is 1.23. The molecule has 0 spiro atoms. The molecule has 0 heterocycles. The highest BCUT2D eigenvalue weighted by molar-refractivity contribution is 5.66. The SMILES string of the molecule is CC1=CC=C(C(C)C)CC1O.CCC(=O)O. The highest BCUT2D eigenvalue weighted by Gasteiger charge is 2.14. The van der Waals surface area contributed by atoms with Gasteiger partial charge in [0.15, 0.2) is 0 Å². The third kappa shape index (κ3) is 5.71. The van der Waals surface area contributed by atoms with Crippen molar-refractivity contribution in [2.45, 2.75) is 46.6 Å². The van der Waals surface area contributed by atoms with Crippen LogP contribution in [0, 0.1) is 5.92 Å². The molecule has 0 aromatic heterocycles. The van der Waals surface area contributed by atoms with Crippen LogP contribution in [-0.2, 0) is 4.79 Å². The summed E-state index contributed by atoms with van der Waals surface area (Å²) < 4.78 is 0. The number of carboxylic acid groups (broad SMARTS) is 1. The van der Waals surface area contributed by atoms with Gasteiger partial charge in [0, 0.05) is 6.42 Å². The third-order valence-corrected chi connectivity index (χ3v) is 2.56. The monoisotopic (exact) mass is 226 g/mol. The molecule has 0 amide bonds. The number of allylic oxidation sites excluding steroid dienone is 2. The van der Waals surface area contributed by atoms with Crippen LogP contribution in [-0.4, -0.2) is 22.3 Å². The van der Waals surface area contributed by atoms with E-state index in [1.54, 1.807) is 6.92 Å². The molecule has 1 atom stereocenters. The first-order valence-electron chi connectivity index (χ1n) is 5.65. The van der Waals surface area contributed by atoms with E-state index >= 15 is 0 Å². The van der Waals surface area contributed by atoms with Crippen LogP contribution in [0.2, 0.25) is 0 Å². The van der Waals surface area contributed by atoms with Crippen molar-refractivity contribution in [3.8, 4) is 0 Å². The summed E-state index contributed by atoms with van der Waals surface area (Å²) in [6.45, 7) is 7.89. The van der Waals surface area contributed by atoms with Gasteiger partial charge in [-0.2, -0.15) is 0 Å². The van der Waals surface area contributed by atoms with Crippen LogP contribution in [0.1, 0.15) is 40.5 Å². The first-order chi connectivity index (χ1) is 7.38. The third-order valence-electron chi connectivity index (χ3n) is 2.56. The minimum Gasteiger partial charge on any atom is -0.481 e. The summed E-state index contributed by atoms with van der Waals surface area (Å²) in [6.07, 6.45) is 4.95. The largest absolute Gasteiger partial charge is 0.481 e. The summed E-state index contributed by atoms with van der Waals surface area (Å²) in [5.74, 6) is -0.181. The number of aliphatic hydroxyl groups is 1. The first-order valence-corrected chi connectivity index (χ1v) is 5.65. The number of hydrogen-bond donors (Lipinski definition) is 2. The summed E-state index contributed by atoms with van der Waals surface area (Å²) in [4.78, 5) is 9.37. The number of rotatable bonds is 2. The smallest absolute Gasteiger partial charge is 0.303 e. The molecule has 2 N–H and O–H groups in total. The Balaban J connectivity index is 0.000000385. The van der Waals surface area contributed by atoms with E-state index in [2.05, 4.69) is 19.9 Å². The van der Waals surface area contributed by atoms with Crippen molar-refractivity contribution < 1.29 is 15.0 Å². The Labute approximate surface area is 97.5 Å². The minimum atomic E-state index is -0.745. The van der Waals surface area contributed by atoms with E-state index in [1.165, 1.54) is 5.57 Å². The van der Waals surface area contributed by atoms with Crippen molar-refractivity contribution in [2.75, 3.05) is 0 Å². The summed E-state index contributed by atoms with van der Waals surface area (Å²) >= 11 is 0. The van der Waals surface area contributed by atoms with Crippen LogP contribution in [0.4, 0.5) is 0 Å². The first kappa shape index (κ1) is 14.9. The van der Waals surface area contributed by atoms with Crippen molar-refractivity contribution in [1.29, 1.82) is 0 Å². The molecule has 3 heteroatoms. The number of carbonyl (C=O) groups is 1. The molecule has 0 saturated carbocycles. The maximum absolute atomic E-state index is 9.49. The molecule has 0 bridgehead atoms. The number of aliphatic hydroxyl groups excluding tert-OH is 1. The van der Waals surface area contributed by atoms with Gasteiger partial charge in [-0.15, -0.1) is 0 Å². The van der Waals surface area contributed by atoms with Gasteiger partial charge in [-0.1, -0.05) is 38.5 Å². The molecule has 0 saturated heterocycles. The highest BCUT2D eigenvalue weighted by Crippen LogP contribution is 2.23. The molecule has 0 aromatic carbocycles. The molecule has 0 aromatic rings. The van der Waals surface area contributed by atoms with Crippen LogP contribution in [0.5, 0.6) is 0 Å². The lowest BCUT2D eigenvalue weighted by Gasteiger charge is -2.20. The Morgan fingerprint density at radius 1 is 1.50 bits per heavy atom. The Bertz CT molecular complexity index is 288. The molecule has 1 aliphatic carbocycles. The molecule has 1 unspecified atom stereocenters. The standard InChI is InChI=1S/C10H16O.C3H6O2/c1-7(2)9-5-4-8(3)10(11)6-9;1-2-3(4)5/h4-5,7,10-11H,6H2,1-3H3;2H2,1H3,(H,4,5). The van der Waals surface area contributed by atoms with Crippen molar-refractivity contribution in [1.82, 2.24) is 0 Å². The zero-order valence-electron chi connectivity index (χ0n) is 10.5. The molecular formula is C13H22O3. The molecule has 0 radical (unpaired) electrons. The van der Waals surface area contributed by atoms with Gasteiger partial charge < -0.3 is 10.2 Å². The van der Waals surface area contributed by atoms with Crippen molar-refractivity contribution in [2.24, 2.45) is 5.92 Å². The number of hydrogen-bond acceptors (Lipinski definition) is 2. The fraction of sp³-hybridized carbons (Fsp3) is 0.615. The Morgan fingerprint density at radius 2 is 2.00 bits per heavy atom. The van der Waals surface area contributed by atoms with E-state index in [0.717, 1.165) is 12.0 Å². The highest BCUT2D eigenvalue weighted by atomic mass is 16.4. The molecular weight excluding hydrogens is 204 g/mol. The van der Waals surface area contributed by atoms with E-state index in [1.807, 2.05) is 13.0 Å². The van der Waals surface area contributed by atoms with Gasteiger partial charge in [0.25, 0.3) is 0 Å². The number of aliphatic carboxylic acids is 1. The van der Waals surface area contributed by atoms with Gasteiger partial charge in [-0.25, -0.2) is 0 Å². The summed E-state index contributed by atoms with van der Waals surface area (Å²) in [6, 6.07) is 0. The lowest BCUT2D eigenvalue weighted by Crippen LogP contribution is -2.14. The predicted octanol–water partition coefficient (Wildman–Crippen LogP) is 2.76. The van der Waals surface area contributed by atoms with Crippen LogP contribution < -0.4 is 0 Å². The second-order valence-electron chi connectivity index (χ2n) is 4.27. The van der Waals surface area contributed by atoms with E-state index in [0.29, 0.717) is 5.92 Å². The zero-order chi connectivity index (χ0) is 12.7.